The molecule has 4 rings (SSSR count). The first-order valence-electron chi connectivity index (χ1n) is 8.94. The lowest BCUT2D eigenvalue weighted by Crippen LogP contribution is -2.66. The highest BCUT2D eigenvalue weighted by Gasteiger charge is 2.54. The van der Waals surface area contributed by atoms with Gasteiger partial charge in [0.2, 0.25) is 12.2 Å². The number of hydrogen-bond acceptors (Lipinski definition) is 9. The van der Waals surface area contributed by atoms with Gasteiger partial charge in [-0.2, -0.15) is 0 Å². The number of benzene rings is 1. The lowest BCUT2D eigenvalue weighted by Gasteiger charge is -2.44. The van der Waals surface area contributed by atoms with Gasteiger partial charge in [-0.05, 0) is 12.1 Å². The molecular formula is C18H18N4O8. The molecule has 2 aliphatic heterocycles. The number of imidazole rings is 1. The summed E-state index contributed by atoms with van der Waals surface area (Å²) in [5, 5.41) is 30.5. The maximum Gasteiger partial charge on any atom is 0.270 e. The molecule has 6 N–H and O–H groups in total. The van der Waals surface area contributed by atoms with E-state index in [9.17, 15) is 29.7 Å². The summed E-state index contributed by atoms with van der Waals surface area (Å²) in [6.45, 7) is -0.684. The summed E-state index contributed by atoms with van der Waals surface area (Å²) in [5.41, 5.74) is 5.27. The Balaban J connectivity index is 1.73. The van der Waals surface area contributed by atoms with Crippen molar-refractivity contribution in [1.29, 1.82) is 0 Å². The Bertz CT molecular complexity index is 973. The fourth-order valence-corrected chi connectivity index (χ4v) is 3.58. The largest absolute Gasteiger partial charge is 0.444 e. The number of nitrogens with two attached hydrogens (primary N) is 1. The quantitative estimate of drug-likeness (QED) is 0.342. The van der Waals surface area contributed by atoms with E-state index >= 15 is 0 Å². The molecular weight excluding hydrogens is 400 g/mol. The van der Waals surface area contributed by atoms with Crippen molar-refractivity contribution in [3.05, 3.63) is 47.4 Å². The smallest absolute Gasteiger partial charge is 0.270 e. The van der Waals surface area contributed by atoms with Gasteiger partial charge in [-0.3, -0.25) is 19.3 Å². The lowest BCUT2D eigenvalue weighted by atomic mass is 9.95. The number of nitrogens with zero attached hydrogens (tertiary/aromatic N) is 2. The van der Waals surface area contributed by atoms with Gasteiger partial charge < -0.3 is 35.5 Å². The average Bonchev–Trinajstić information content (AvgIpc) is 3.29. The van der Waals surface area contributed by atoms with E-state index < -0.39 is 55.0 Å². The standard InChI is InChI=1S/C18H18N4O8/c19-14(26)10-15(21-6-20-10)30-18-11(13(25)12(24)9(5-23)29-18)22-16(27)7-3-1-2-4-8(7)17(22)28/h1-4,6,9,11-13,18,23-25H,5H2,(H2,19,26)(H,20,21)/t9-,11-,12-,13-,18+/m1/s1. The number of H-pyrrole nitrogens is 1. The van der Waals surface area contributed by atoms with Crippen molar-refractivity contribution >= 4 is 17.7 Å². The summed E-state index contributed by atoms with van der Waals surface area (Å²) < 4.78 is 11.1. The van der Waals surface area contributed by atoms with E-state index in [4.69, 9.17) is 15.2 Å². The number of fused-ring (bicyclic) bond motifs is 1. The molecule has 2 aliphatic rings. The van der Waals surface area contributed by atoms with E-state index in [2.05, 4.69) is 9.97 Å². The number of aliphatic hydroxyl groups is 3. The van der Waals surface area contributed by atoms with Crippen LogP contribution in [0.25, 0.3) is 0 Å². The third kappa shape index (κ3) is 3.02. The molecule has 1 aromatic carbocycles. The second-order valence-corrected chi connectivity index (χ2v) is 6.79. The SMILES string of the molecule is NC(=O)c1[nH]cnc1O[C@@H]1O[C@H](CO)[C@@H](O)[C@H](O)[C@H]1N1C(=O)c2ccccc2C1=O. The second kappa shape index (κ2) is 7.50. The highest BCUT2D eigenvalue weighted by molar-refractivity contribution is 6.21. The molecule has 0 unspecified atom stereocenters. The van der Waals surface area contributed by atoms with Crippen LogP contribution in [0.4, 0.5) is 0 Å². The lowest BCUT2D eigenvalue weighted by molar-refractivity contribution is -0.254. The van der Waals surface area contributed by atoms with Crippen LogP contribution in [0.2, 0.25) is 0 Å². The highest BCUT2D eigenvalue weighted by Crippen LogP contribution is 2.33. The van der Waals surface area contributed by atoms with E-state index in [1.165, 1.54) is 12.1 Å². The first kappa shape index (κ1) is 20.0. The zero-order valence-electron chi connectivity index (χ0n) is 15.3. The van der Waals surface area contributed by atoms with Crippen LogP contribution >= 0.6 is 0 Å². The fourth-order valence-electron chi connectivity index (χ4n) is 3.58. The highest BCUT2D eigenvalue weighted by atomic mass is 16.7. The van der Waals surface area contributed by atoms with Crippen LogP contribution in [0.5, 0.6) is 5.88 Å². The Morgan fingerprint density at radius 3 is 2.40 bits per heavy atom. The number of rotatable bonds is 5. The molecule has 1 aromatic heterocycles. The number of primary amides is 1. The monoisotopic (exact) mass is 418 g/mol. The second-order valence-electron chi connectivity index (χ2n) is 6.79. The van der Waals surface area contributed by atoms with Crippen LogP contribution in [0.3, 0.4) is 0 Å². The molecule has 30 heavy (non-hydrogen) atoms. The number of ether oxygens (including phenoxy) is 2. The van der Waals surface area contributed by atoms with Crippen LogP contribution in [-0.4, -0.2) is 85.2 Å². The van der Waals surface area contributed by atoms with E-state index in [1.54, 1.807) is 12.1 Å². The van der Waals surface area contributed by atoms with Crippen LogP contribution in [0.15, 0.2) is 30.6 Å². The van der Waals surface area contributed by atoms with Crippen molar-refractivity contribution in [3.63, 3.8) is 0 Å². The molecule has 0 bridgehead atoms. The number of hydrogen-bond donors (Lipinski definition) is 5. The maximum absolute atomic E-state index is 12.9. The van der Waals surface area contributed by atoms with Gasteiger partial charge in [0, 0.05) is 0 Å². The molecule has 0 saturated carbocycles. The normalized spacial score (nSPS) is 28.5. The molecule has 1 saturated heterocycles. The number of aromatic nitrogens is 2. The van der Waals surface area contributed by atoms with Gasteiger partial charge in [0.25, 0.3) is 17.7 Å². The molecule has 1 fully saturated rings. The summed E-state index contributed by atoms with van der Waals surface area (Å²) in [4.78, 5) is 44.3. The van der Waals surface area contributed by atoms with E-state index in [0.29, 0.717) is 0 Å². The van der Waals surface area contributed by atoms with E-state index in [0.717, 1.165) is 11.2 Å². The number of carbonyl (C=O) groups excluding carboxylic acids is 3. The minimum atomic E-state index is -1.72. The third-order valence-electron chi connectivity index (χ3n) is 5.05. The zero-order valence-corrected chi connectivity index (χ0v) is 15.3. The topological polar surface area (TPSA) is 188 Å². The number of imide groups is 1. The van der Waals surface area contributed by atoms with E-state index in [-0.39, 0.29) is 22.7 Å². The summed E-state index contributed by atoms with van der Waals surface area (Å²) in [5.74, 6) is -2.63. The predicted octanol–water partition coefficient (Wildman–Crippen LogP) is -2.01. The number of aromatic amines is 1. The van der Waals surface area contributed by atoms with Crippen molar-refractivity contribution in [2.24, 2.45) is 5.73 Å². The molecule has 158 valence electrons. The van der Waals surface area contributed by atoms with Crippen molar-refractivity contribution in [3.8, 4) is 5.88 Å². The third-order valence-corrected chi connectivity index (χ3v) is 5.05. The molecule has 0 aliphatic carbocycles. The molecule has 0 radical (unpaired) electrons. The van der Waals surface area contributed by atoms with Crippen LogP contribution in [0, 0.1) is 0 Å². The van der Waals surface area contributed by atoms with Gasteiger partial charge in [-0.1, -0.05) is 12.1 Å². The molecule has 0 spiro atoms. The molecule has 2 aromatic rings. The number of carbonyl (C=O) groups is 3. The van der Waals surface area contributed by atoms with Crippen molar-refractivity contribution in [1.82, 2.24) is 14.9 Å². The predicted molar refractivity (Wildman–Crippen MR) is 96.2 cm³/mol. The molecule has 12 heteroatoms. The van der Waals surface area contributed by atoms with Crippen LogP contribution in [-0.2, 0) is 4.74 Å². The number of aliphatic hydroxyl groups excluding tert-OH is 3. The first-order chi connectivity index (χ1) is 14.3. The first-order valence-corrected chi connectivity index (χ1v) is 8.94. The van der Waals surface area contributed by atoms with Gasteiger partial charge in [-0.15, -0.1) is 0 Å². The summed E-state index contributed by atoms with van der Waals surface area (Å²) in [6.07, 6.45) is -5.07. The molecule has 3 heterocycles. The molecule has 3 amide bonds. The number of nitrogens with one attached hydrogen (secondary N) is 1. The Labute approximate surface area is 168 Å². The van der Waals surface area contributed by atoms with Crippen molar-refractivity contribution < 1.29 is 39.2 Å². The average molecular weight is 418 g/mol. The van der Waals surface area contributed by atoms with Crippen molar-refractivity contribution in [2.75, 3.05) is 6.61 Å². The van der Waals surface area contributed by atoms with Crippen LogP contribution in [0.1, 0.15) is 31.2 Å². The van der Waals surface area contributed by atoms with Gasteiger partial charge in [0.1, 0.15) is 24.4 Å². The number of amides is 3. The minimum absolute atomic E-state index is 0.116. The minimum Gasteiger partial charge on any atom is -0.444 e. The van der Waals surface area contributed by atoms with Gasteiger partial charge in [-0.25, -0.2) is 4.98 Å². The summed E-state index contributed by atoms with van der Waals surface area (Å²) in [7, 11) is 0. The van der Waals surface area contributed by atoms with Crippen molar-refractivity contribution in [2.45, 2.75) is 30.6 Å². The Hall–Kier alpha value is -3.32. The zero-order chi connectivity index (χ0) is 21.6. The van der Waals surface area contributed by atoms with Gasteiger partial charge >= 0.3 is 0 Å². The summed E-state index contributed by atoms with van der Waals surface area (Å²) in [6, 6.07) is 4.55. The van der Waals surface area contributed by atoms with E-state index in [1.807, 2.05) is 0 Å². The molecule has 5 atom stereocenters. The molecule has 12 nitrogen and oxygen atoms in total. The van der Waals surface area contributed by atoms with Gasteiger partial charge in [0.15, 0.2) is 5.69 Å². The Morgan fingerprint density at radius 1 is 1.20 bits per heavy atom. The fraction of sp³-hybridized carbons (Fsp3) is 0.333. The van der Waals surface area contributed by atoms with Gasteiger partial charge in [0.05, 0.1) is 24.1 Å². The summed E-state index contributed by atoms with van der Waals surface area (Å²) >= 11 is 0. The Kier molecular flexibility index (Phi) is 4.99. The van der Waals surface area contributed by atoms with Crippen LogP contribution < -0.4 is 10.5 Å². The maximum atomic E-state index is 12.9. The Morgan fingerprint density at radius 2 is 1.83 bits per heavy atom.